The Kier molecular flexibility index (Phi) is 2.58. The van der Waals surface area contributed by atoms with Crippen molar-refractivity contribution < 1.29 is 22.7 Å². The summed E-state index contributed by atoms with van der Waals surface area (Å²) in [5.41, 5.74) is -2.51. The molecule has 1 N–H and O–H groups in total. The quantitative estimate of drug-likeness (QED) is 0.612. The van der Waals surface area contributed by atoms with Gasteiger partial charge in [-0.3, -0.25) is 4.79 Å². The van der Waals surface area contributed by atoms with E-state index in [1.54, 1.807) is 5.32 Å². The topological polar surface area (TPSA) is 38.3 Å². The fourth-order valence-electron chi connectivity index (χ4n) is 0.986. The molecule has 1 aliphatic rings. The summed E-state index contributed by atoms with van der Waals surface area (Å²) in [4.78, 5) is 11.1. The van der Waals surface area contributed by atoms with Crippen LogP contribution >= 0.6 is 0 Å². The molecular weight excluding hydrogens is 199 g/mol. The van der Waals surface area contributed by atoms with Crippen molar-refractivity contribution in [2.24, 2.45) is 0 Å². The van der Waals surface area contributed by atoms with Gasteiger partial charge in [-0.2, -0.15) is 13.2 Å². The number of rotatable bonds is 0. The molecule has 1 atom stereocenters. The minimum Gasteiger partial charge on any atom is -0.347 e. The highest BCUT2D eigenvalue weighted by atomic mass is 19.4. The maximum atomic E-state index is 12.4. The van der Waals surface area contributed by atoms with E-state index in [1.807, 2.05) is 0 Å². The molecule has 6 heteroatoms. The van der Waals surface area contributed by atoms with Crippen molar-refractivity contribution in [1.29, 1.82) is 0 Å². The summed E-state index contributed by atoms with van der Waals surface area (Å²) in [6.07, 6.45) is -4.52. The summed E-state index contributed by atoms with van der Waals surface area (Å²) in [6, 6.07) is 0. The van der Waals surface area contributed by atoms with Crippen LogP contribution in [-0.2, 0) is 9.53 Å². The van der Waals surface area contributed by atoms with E-state index in [0.717, 1.165) is 6.92 Å². The van der Waals surface area contributed by atoms with Gasteiger partial charge in [0, 0.05) is 12.0 Å². The lowest BCUT2D eigenvalue weighted by Gasteiger charge is -2.30. The van der Waals surface area contributed by atoms with Crippen molar-refractivity contribution in [3.05, 3.63) is 12.2 Å². The van der Waals surface area contributed by atoms with Gasteiger partial charge in [0.15, 0.2) is 0 Å². The first-order valence-corrected chi connectivity index (χ1v) is 3.97. The molecule has 0 spiro atoms. The molecule has 0 aromatic carbocycles. The van der Waals surface area contributed by atoms with E-state index in [1.165, 1.54) is 0 Å². The number of hydrogen-bond acceptors (Lipinski definition) is 2. The van der Waals surface area contributed by atoms with E-state index in [2.05, 4.69) is 11.3 Å². The molecule has 0 aromatic heterocycles. The summed E-state index contributed by atoms with van der Waals surface area (Å²) in [5, 5.41) is 1.76. The second kappa shape index (κ2) is 3.27. The zero-order valence-corrected chi connectivity index (χ0v) is 7.57. The first kappa shape index (κ1) is 11.0. The maximum absolute atomic E-state index is 12.4. The van der Waals surface area contributed by atoms with Crippen LogP contribution in [0.25, 0.3) is 0 Å². The summed E-state index contributed by atoms with van der Waals surface area (Å²) in [5.74, 6) is -0.817. The van der Waals surface area contributed by atoms with E-state index < -0.39 is 17.8 Å². The second-order valence-corrected chi connectivity index (χ2v) is 3.19. The van der Waals surface area contributed by atoms with Crippen molar-refractivity contribution in [1.82, 2.24) is 5.32 Å². The third-order valence-corrected chi connectivity index (χ3v) is 2.01. The number of hydrogen-bond donors (Lipinski definition) is 1. The SMILES string of the molecule is C=C1CCOC(C)(C(F)(F)F)NC1=O. The lowest BCUT2D eigenvalue weighted by molar-refractivity contribution is -0.278. The molecule has 3 nitrogen and oxygen atoms in total. The van der Waals surface area contributed by atoms with Crippen LogP contribution in [0.2, 0.25) is 0 Å². The van der Waals surface area contributed by atoms with Gasteiger partial charge in [-0.05, 0) is 6.92 Å². The van der Waals surface area contributed by atoms with E-state index >= 15 is 0 Å². The van der Waals surface area contributed by atoms with Gasteiger partial charge < -0.3 is 10.1 Å². The van der Waals surface area contributed by atoms with Gasteiger partial charge in [0.25, 0.3) is 0 Å². The summed E-state index contributed by atoms with van der Waals surface area (Å²) < 4.78 is 41.9. The van der Waals surface area contributed by atoms with Gasteiger partial charge in [-0.1, -0.05) is 6.58 Å². The number of ether oxygens (including phenoxy) is 1. The van der Waals surface area contributed by atoms with E-state index in [9.17, 15) is 18.0 Å². The first-order valence-electron chi connectivity index (χ1n) is 3.97. The largest absolute Gasteiger partial charge is 0.436 e. The van der Waals surface area contributed by atoms with Gasteiger partial charge in [-0.15, -0.1) is 0 Å². The van der Waals surface area contributed by atoms with Crippen molar-refractivity contribution in [3.8, 4) is 0 Å². The van der Waals surface area contributed by atoms with Gasteiger partial charge in [0.1, 0.15) is 0 Å². The average Bonchev–Trinajstić information content (AvgIpc) is 2.12. The van der Waals surface area contributed by atoms with Gasteiger partial charge in [0.05, 0.1) is 6.61 Å². The molecule has 0 bridgehead atoms. The van der Waals surface area contributed by atoms with Crippen molar-refractivity contribution in [2.45, 2.75) is 25.2 Å². The fourth-order valence-corrected chi connectivity index (χ4v) is 0.986. The smallest absolute Gasteiger partial charge is 0.347 e. The zero-order chi connectivity index (χ0) is 11.0. The predicted molar refractivity (Wildman–Crippen MR) is 42.3 cm³/mol. The molecule has 1 amide bonds. The number of carbonyl (C=O) groups is 1. The van der Waals surface area contributed by atoms with E-state index in [-0.39, 0.29) is 18.6 Å². The van der Waals surface area contributed by atoms with Crippen LogP contribution in [-0.4, -0.2) is 24.4 Å². The molecule has 14 heavy (non-hydrogen) atoms. The molecule has 0 radical (unpaired) electrons. The van der Waals surface area contributed by atoms with E-state index in [0.29, 0.717) is 0 Å². The zero-order valence-electron chi connectivity index (χ0n) is 7.57. The molecule has 1 aliphatic heterocycles. The normalized spacial score (nSPS) is 29.7. The molecule has 1 unspecified atom stereocenters. The third kappa shape index (κ3) is 1.89. The summed E-state index contributed by atoms with van der Waals surface area (Å²) in [7, 11) is 0. The number of alkyl halides is 3. The Balaban J connectivity index is 2.91. The van der Waals surface area contributed by atoms with Crippen LogP contribution in [0.4, 0.5) is 13.2 Å². The monoisotopic (exact) mass is 209 g/mol. The highest BCUT2D eigenvalue weighted by Crippen LogP contribution is 2.32. The lowest BCUT2D eigenvalue weighted by Crippen LogP contribution is -2.57. The predicted octanol–water partition coefficient (Wildman–Crippen LogP) is 1.36. The van der Waals surface area contributed by atoms with Crippen LogP contribution in [0.1, 0.15) is 13.3 Å². The first-order chi connectivity index (χ1) is 6.26. The number of amides is 1. The fraction of sp³-hybridized carbons (Fsp3) is 0.625. The molecule has 0 aliphatic carbocycles. The average molecular weight is 209 g/mol. The molecule has 1 fully saturated rings. The highest BCUT2D eigenvalue weighted by molar-refractivity contribution is 5.93. The highest BCUT2D eigenvalue weighted by Gasteiger charge is 2.54. The Labute approximate surface area is 78.9 Å². The van der Waals surface area contributed by atoms with Gasteiger partial charge >= 0.3 is 6.18 Å². The minimum absolute atomic E-state index is 0.0953. The number of carbonyl (C=O) groups excluding carboxylic acids is 1. The number of halogens is 3. The minimum atomic E-state index is -4.63. The van der Waals surface area contributed by atoms with Crippen molar-refractivity contribution >= 4 is 5.91 Å². The Bertz CT molecular complexity index is 274. The maximum Gasteiger partial charge on any atom is 0.436 e. The van der Waals surface area contributed by atoms with Crippen LogP contribution < -0.4 is 5.32 Å². The number of nitrogens with one attached hydrogen (secondary N) is 1. The van der Waals surface area contributed by atoms with Crippen LogP contribution in [0.5, 0.6) is 0 Å². The molecule has 0 saturated carbocycles. The van der Waals surface area contributed by atoms with Gasteiger partial charge in [-0.25, -0.2) is 0 Å². The van der Waals surface area contributed by atoms with Crippen molar-refractivity contribution in [2.75, 3.05) is 6.61 Å². The van der Waals surface area contributed by atoms with Gasteiger partial charge in [0.2, 0.25) is 11.6 Å². The Morgan fingerprint density at radius 2 is 2.14 bits per heavy atom. The molecule has 1 rings (SSSR count). The van der Waals surface area contributed by atoms with Crippen LogP contribution in [0.3, 0.4) is 0 Å². The standard InChI is InChI=1S/C8H10F3NO2/c1-5-3-4-14-7(2,8(9,10)11)12-6(5)13/h1,3-4H2,2H3,(H,12,13). The second-order valence-electron chi connectivity index (χ2n) is 3.19. The Morgan fingerprint density at radius 1 is 1.57 bits per heavy atom. The molecule has 0 aromatic rings. The third-order valence-electron chi connectivity index (χ3n) is 2.01. The Hall–Kier alpha value is -1.04. The van der Waals surface area contributed by atoms with Crippen molar-refractivity contribution in [3.63, 3.8) is 0 Å². The lowest BCUT2D eigenvalue weighted by atomic mass is 10.2. The molecular formula is C8H10F3NO2. The Morgan fingerprint density at radius 3 is 2.64 bits per heavy atom. The molecule has 1 saturated heterocycles. The summed E-state index contributed by atoms with van der Waals surface area (Å²) in [6.45, 7) is 3.95. The van der Waals surface area contributed by atoms with E-state index in [4.69, 9.17) is 0 Å². The van der Waals surface area contributed by atoms with Crippen LogP contribution in [0, 0.1) is 0 Å². The summed E-state index contributed by atoms with van der Waals surface area (Å²) >= 11 is 0. The van der Waals surface area contributed by atoms with Crippen LogP contribution in [0.15, 0.2) is 12.2 Å². The molecule has 80 valence electrons. The molecule has 1 heterocycles.